The number of hydrogen-bond acceptors (Lipinski definition) is 3. The van der Waals surface area contributed by atoms with E-state index in [4.69, 9.17) is 4.74 Å². The highest BCUT2D eigenvalue weighted by molar-refractivity contribution is 5.79. The fourth-order valence-electron chi connectivity index (χ4n) is 4.72. The number of rotatable bonds is 6. The lowest BCUT2D eigenvalue weighted by Crippen LogP contribution is -2.40. The monoisotopic (exact) mass is 365 g/mol. The van der Waals surface area contributed by atoms with E-state index < -0.39 is 0 Å². The Morgan fingerprint density at radius 3 is 2.22 bits per heavy atom. The highest BCUT2D eigenvalue weighted by Crippen LogP contribution is 2.44. The first-order valence-electron chi connectivity index (χ1n) is 10.0. The zero-order valence-corrected chi connectivity index (χ0v) is 15.6. The molecule has 0 heterocycles. The zero-order chi connectivity index (χ0) is 18.6. The summed E-state index contributed by atoms with van der Waals surface area (Å²) in [4.78, 5) is 12.5. The fraction of sp³-hybridized carbons (Fsp3) is 0.435. The summed E-state index contributed by atoms with van der Waals surface area (Å²) in [7, 11) is 0. The summed E-state index contributed by atoms with van der Waals surface area (Å²) in [5.74, 6) is 0.531. The summed E-state index contributed by atoms with van der Waals surface area (Å²) in [6.07, 6.45) is 4.87. The predicted molar refractivity (Wildman–Crippen MR) is 106 cm³/mol. The maximum atomic E-state index is 12.5. The van der Waals surface area contributed by atoms with Crippen molar-refractivity contribution in [1.82, 2.24) is 5.32 Å². The van der Waals surface area contributed by atoms with E-state index in [9.17, 15) is 9.90 Å². The molecule has 1 unspecified atom stereocenters. The minimum atomic E-state index is -0.373. The first kappa shape index (κ1) is 18.1. The van der Waals surface area contributed by atoms with Crippen LogP contribution in [0.3, 0.4) is 0 Å². The second-order valence-corrected chi connectivity index (χ2v) is 7.63. The van der Waals surface area contributed by atoms with E-state index in [1.54, 1.807) is 0 Å². The van der Waals surface area contributed by atoms with E-state index in [0.29, 0.717) is 18.9 Å². The summed E-state index contributed by atoms with van der Waals surface area (Å²) >= 11 is 0. The number of fused-ring (bicyclic) bond motifs is 3. The molecule has 1 saturated carbocycles. The van der Waals surface area contributed by atoms with Crippen molar-refractivity contribution >= 4 is 6.09 Å². The Balaban J connectivity index is 1.43. The Kier molecular flexibility index (Phi) is 5.44. The maximum absolute atomic E-state index is 12.5. The van der Waals surface area contributed by atoms with Crippen LogP contribution in [-0.4, -0.2) is 30.5 Å². The molecule has 142 valence electrons. The van der Waals surface area contributed by atoms with Crippen molar-refractivity contribution < 1.29 is 14.6 Å². The molecule has 2 aliphatic carbocycles. The first-order chi connectivity index (χ1) is 13.3. The van der Waals surface area contributed by atoms with Gasteiger partial charge >= 0.3 is 6.09 Å². The summed E-state index contributed by atoms with van der Waals surface area (Å²) in [6.45, 7) is 0.418. The Morgan fingerprint density at radius 1 is 1.04 bits per heavy atom. The summed E-state index contributed by atoms with van der Waals surface area (Å²) in [5.41, 5.74) is 4.89. The smallest absolute Gasteiger partial charge is 0.407 e. The number of amides is 1. The highest BCUT2D eigenvalue weighted by Gasteiger charge is 2.30. The van der Waals surface area contributed by atoms with Gasteiger partial charge in [-0.15, -0.1) is 0 Å². The molecular formula is C23H27NO3. The third-order valence-corrected chi connectivity index (χ3v) is 6.06. The Labute approximate surface area is 160 Å². The van der Waals surface area contributed by atoms with Gasteiger partial charge in [0.05, 0.1) is 0 Å². The molecule has 2 aromatic rings. The zero-order valence-electron chi connectivity index (χ0n) is 15.6. The molecule has 1 atom stereocenters. The molecule has 0 spiro atoms. The van der Waals surface area contributed by atoms with Crippen LogP contribution in [0.1, 0.15) is 49.1 Å². The number of aliphatic hydroxyl groups excluding tert-OH is 1. The number of nitrogens with one attached hydrogen (secondary N) is 1. The lowest BCUT2D eigenvalue weighted by Gasteiger charge is -2.24. The van der Waals surface area contributed by atoms with Crippen LogP contribution in [0, 0.1) is 5.92 Å². The van der Waals surface area contributed by atoms with Gasteiger partial charge in [0.15, 0.2) is 0 Å². The van der Waals surface area contributed by atoms with E-state index in [-0.39, 0.29) is 24.7 Å². The minimum Gasteiger partial charge on any atom is -0.449 e. The molecule has 2 aromatic carbocycles. The highest BCUT2D eigenvalue weighted by atomic mass is 16.5. The second kappa shape index (κ2) is 8.13. The van der Waals surface area contributed by atoms with Crippen LogP contribution >= 0.6 is 0 Å². The molecular weight excluding hydrogens is 338 g/mol. The van der Waals surface area contributed by atoms with Crippen molar-refractivity contribution in [2.45, 2.75) is 44.1 Å². The fourth-order valence-corrected chi connectivity index (χ4v) is 4.72. The average molecular weight is 365 g/mol. The summed E-state index contributed by atoms with van der Waals surface area (Å²) in [6, 6.07) is 16.7. The van der Waals surface area contributed by atoms with Crippen LogP contribution in [0.2, 0.25) is 0 Å². The molecule has 4 heteroatoms. The lowest BCUT2D eigenvalue weighted by molar-refractivity contribution is 0.131. The third-order valence-electron chi connectivity index (χ3n) is 6.06. The standard InChI is InChI=1S/C23H27NO3/c25-14-13-22(16-7-1-2-8-16)24-23(26)27-15-21-19-11-5-3-9-17(19)18-10-4-6-12-20(18)21/h3-6,9-12,16,21-22,25H,1-2,7-8,13-15H2,(H,24,26). The van der Waals surface area contributed by atoms with Gasteiger partial charge in [-0.2, -0.15) is 0 Å². The van der Waals surface area contributed by atoms with Crippen molar-refractivity contribution in [2.75, 3.05) is 13.2 Å². The van der Waals surface area contributed by atoms with Gasteiger partial charge in [0.1, 0.15) is 6.61 Å². The predicted octanol–water partition coefficient (Wildman–Crippen LogP) is 4.47. The molecule has 0 aromatic heterocycles. The van der Waals surface area contributed by atoms with Crippen LogP contribution in [0.5, 0.6) is 0 Å². The number of hydrogen-bond donors (Lipinski definition) is 2. The average Bonchev–Trinajstić information content (AvgIpc) is 3.33. The van der Waals surface area contributed by atoms with Gasteiger partial charge in [-0.25, -0.2) is 4.79 Å². The van der Waals surface area contributed by atoms with E-state index in [2.05, 4.69) is 29.6 Å². The van der Waals surface area contributed by atoms with Crippen molar-refractivity contribution in [1.29, 1.82) is 0 Å². The maximum Gasteiger partial charge on any atom is 0.407 e. The molecule has 1 fully saturated rings. The van der Waals surface area contributed by atoms with Crippen LogP contribution in [-0.2, 0) is 4.74 Å². The van der Waals surface area contributed by atoms with E-state index in [0.717, 1.165) is 12.8 Å². The van der Waals surface area contributed by atoms with Gasteiger partial charge in [-0.05, 0) is 47.4 Å². The minimum absolute atomic E-state index is 0.00755. The van der Waals surface area contributed by atoms with Gasteiger partial charge in [0.2, 0.25) is 0 Å². The summed E-state index contributed by atoms with van der Waals surface area (Å²) < 4.78 is 5.64. The molecule has 0 aliphatic heterocycles. The molecule has 0 saturated heterocycles. The van der Waals surface area contributed by atoms with Gasteiger partial charge in [0, 0.05) is 18.6 Å². The van der Waals surface area contributed by atoms with Crippen LogP contribution in [0.25, 0.3) is 11.1 Å². The largest absolute Gasteiger partial charge is 0.449 e. The number of carbonyl (C=O) groups excluding carboxylic acids is 1. The molecule has 1 amide bonds. The van der Waals surface area contributed by atoms with Crippen molar-refractivity contribution in [3.05, 3.63) is 59.7 Å². The Morgan fingerprint density at radius 2 is 1.63 bits per heavy atom. The van der Waals surface area contributed by atoms with Crippen LogP contribution in [0.4, 0.5) is 4.79 Å². The van der Waals surface area contributed by atoms with E-state index in [1.165, 1.54) is 35.1 Å². The van der Waals surface area contributed by atoms with Crippen molar-refractivity contribution in [3.8, 4) is 11.1 Å². The molecule has 2 aliphatic rings. The number of benzene rings is 2. The second-order valence-electron chi connectivity index (χ2n) is 7.63. The van der Waals surface area contributed by atoms with E-state index >= 15 is 0 Å². The molecule has 4 rings (SSSR count). The van der Waals surface area contributed by atoms with Crippen molar-refractivity contribution in [2.24, 2.45) is 5.92 Å². The Hall–Kier alpha value is -2.33. The molecule has 0 bridgehead atoms. The van der Waals surface area contributed by atoms with Gasteiger partial charge in [0.25, 0.3) is 0 Å². The number of ether oxygens (including phenoxy) is 1. The number of carbonyl (C=O) groups is 1. The topological polar surface area (TPSA) is 58.6 Å². The summed E-state index contributed by atoms with van der Waals surface area (Å²) in [5, 5.41) is 12.3. The number of aliphatic hydroxyl groups is 1. The van der Waals surface area contributed by atoms with E-state index in [1.807, 2.05) is 24.3 Å². The SMILES string of the molecule is O=C(NC(CCO)C1CCCC1)OCC1c2ccccc2-c2ccccc21. The lowest BCUT2D eigenvalue weighted by atomic mass is 9.96. The quantitative estimate of drug-likeness (QED) is 0.794. The normalized spacial score (nSPS) is 17.4. The molecule has 2 N–H and O–H groups in total. The van der Waals surface area contributed by atoms with Gasteiger partial charge in [-0.3, -0.25) is 0 Å². The molecule has 4 nitrogen and oxygen atoms in total. The van der Waals surface area contributed by atoms with Crippen LogP contribution < -0.4 is 5.32 Å². The number of alkyl carbamates (subject to hydrolysis) is 1. The van der Waals surface area contributed by atoms with Gasteiger partial charge < -0.3 is 15.2 Å². The van der Waals surface area contributed by atoms with Gasteiger partial charge in [-0.1, -0.05) is 61.4 Å². The molecule has 27 heavy (non-hydrogen) atoms. The van der Waals surface area contributed by atoms with Crippen molar-refractivity contribution in [3.63, 3.8) is 0 Å². The first-order valence-corrected chi connectivity index (χ1v) is 10.0. The Bertz CT molecular complexity index is 752. The third kappa shape index (κ3) is 3.72. The van der Waals surface area contributed by atoms with Crippen LogP contribution in [0.15, 0.2) is 48.5 Å². The molecule has 0 radical (unpaired) electrons.